The number of rotatable bonds is 3. The van der Waals surface area contributed by atoms with E-state index in [4.69, 9.17) is 4.74 Å². The number of carbonyl (C=O) groups is 2. The number of carboxylic acid groups (broad SMARTS) is 1. The van der Waals surface area contributed by atoms with Crippen molar-refractivity contribution in [2.75, 3.05) is 7.11 Å². The number of amides is 1. The molecule has 1 fully saturated rings. The van der Waals surface area contributed by atoms with E-state index in [0.29, 0.717) is 18.4 Å². The molecule has 3 rings (SSSR count). The van der Waals surface area contributed by atoms with Gasteiger partial charge in [0, 0.05) is 12.3 Å². The first-order chi connectivity index (χ1) is 11.5. The summed E-state index contributed by atoms with van der Waals surface area (Å²) in [4.78, 5) is 28.2. The van der Waals surface area contributed by atoms with Crippen LogP contribution >= 0.6 is 0 Å². The van der Waals surface area contributed by atoms with E-state index < -0.39 is 18.1 Å². The molecule has 0 aromatic carbocycles. The Morgan fingerprint density at radius 1 is 1.33 bits per heavy atom. The highest BCUT2D eigenvalue weighted by Gasteiger charge is 2.27. The largest absolute Gasteiger partial charge is 0.481 e. The fourth-order valence-corrected chi connectivity index (χ4v) is 3.05. The van der Waals surface area contributed by atoms with Gasteiger partial charge in [-0.1, -0.05) is 12.8 Å². The quantitative estimate of drug-likeness (QED) is 0.786. The van der Waals surface area contributed by atoms with Crippen molar-refractivity contribution in [1.82, 2.24) is 14.9 Å². The maximum Gasteiger partial charge on any atom is 0.416 e. The molecule has 1 saturated carbocycles. The van der Waals surface area contributed by atoms with Crippen LogP contribution in [0.3, 0.4) is 0 Å². The minimum absolute atomic E-state index is 0.143. The molecule has 0 radical (unpaired) electrons. The summed E-state index contributed by atoms with van der Waals surface area (Å²) in [6.45, 7) is 0. The number of methoxy groups -OCH3 is 1. The average Bonchev–Trinajstić information content (AvgIpc) is 2.96. The fourth-order valence-electron chi connectivity index (χ4n) is 3.05. The number of hydrogen-bond acceptors (Lipinski definition) is 5. The minimum Gasteiger partial charge on any atom is -0.481 e. The molecule has 2 atom stereocenters. The number of nitrogens with zero attached hydrogens (tertiary/aromatic N) is 2. The molecule has 0 unspecified atom stereocenters. The number of hydrogen-bond donors (Lipinski definition) is 3. The van der Waals surface area contributed by atoms with Crippen molar-refractivity contribution in [3.05, 3.63) is 23.9 Å². The molecule has 8 heteroatoms. The zero-order chi connectivity index (χ0) is 17.3. The number of fused-ring (bicyclic) bond motifs is 1. The Hall–Kier alpha value is -2.61. The maximum atomic E-state index is 12.6. The van der Waals surface area contributed by atoms with Crippen molar-refractivity contribution in [2.45, 2.75) is 37.8 Å². The summed E-state index contributed by atoms with van der Waals surface area (Å²) in [5, 5.41) is 22.1. The van der Waals surface area contributed by atoms with Gasteiger partial charge in [0.05, 0.1) is 30.3 Å². The summed E-state index contributed by atoms with van der Waals surface area (Å²) in [6, 6.07) is 2.75. The average molecular weight is 333 g/mol. The lowest BCUT2D eigenvalue weighted by Gasteiger charge is -2.28. The normalized spacial score (nSPS) is 20.8. The molecule has 1 aliphatic carbocycles. The topological polar surface area (TPSA) is 114 Å². The second kappa shape index (κ2) is 6.48. The number of nitrogens with one attached hydrogen (secondary N) is 1. The van der Waals surface area contributed by atoms with Crippen LogP contribution < -0.4 is 10.1 Å². The van der Waals surface area contributed by atoms with Crippen LogP contribution in [-0.2, 0) is 0 Å². The van der Waals surface area contributed by atoms with Gasteiger partial charge in [-0.25, -0.2) is 9.78 Å². The third-order valence-corrected chi connectivity index (χ3v) is 4.33. The molecule has 128 valence electrons. The molecule has 24 heavy (non-hydrogen) atoms. The van der Waals surface area contributed by atoms with Gasteiger partial charge in [-0.2, -0.15) is 0 Å². The van der Waals surface area contributed by atoms with Crippen LogP contribution in [0.15, 0.2) is 18.3 Å². The molecule has 1 aliphatic rings. The Balaban J connectivity index is 1.97. The van der Waals surface area contributed by atoms with Gasteiger partial charge in [-0.3, -0.25) is 9.36 Å². The summed E-state index contributed by atoms with van der Waals surface area (Å²) < 4.78 is 6.01. The number of aliphatic hydroxyl groups excluding tert-OH is 1. The maximum absolute atomic E-state index is 12.6. The van der Waals surface area contributed by atoms with Crippen molar-refractivity contribution in [3.63, 3.8) is 0 Å². The molecule has 3 N–H and O–H groups in total. The molecule has 1 amide bonds. The monoisotopic (exact) mass is 333 g/mol. The number of aromatic nitrogens is 2. The van der Waals surface area contributed by atoms with Gasteiger partial charge >= 0.3 is 6.09 Å². The molecule has 2 aromatic heterocycles. The van der Waals surface area contributed by atoms with Gasteiger partial charge in [0.25, 0.3) is 5.91 Å². The molecule has 0 aliphatic heterocycles. The van der Waals surface area contributed by atoms with Crippen molar-refractivity contribution in [1.29, 1.82) is 0 Å². The zero-order valence-electron chi connectivity index (χ0n) is 13.2. The van der Waals surface area contributed by atoms with Crippen LogP contribution in [-0.4, -0.2) is 51.0 Å². The van der Waals surface area contributed by atoms with E-state index >= 15 is 0 Å². The lowest BCUT2D eigenvalue weighted by atomic mass is 9.92. The summed E-state index contributed by atoms with van der Waals surface area (Å²) in [5.41, 5.74) is 0.696. The van der Waals surface area contributed by atoms with Gasteiger partial charge in [0.1, 0.15) is 5.52 Å². The number of aliphatic hydroxyl groups is 1. The Bertz CT molecular complexity index is 785. The van der Waals surface area contributed by atoms with Crippen LogP contribution in [0, 0.1) is 0 Å². The van der Waals surface area contributed by atoms with E-state index in [1.807, 2.05) is 0 Å². The van der Waals surface area contributed by atoms with E-state index in [-0.39, 0.29) is 23.0 Å². The SMILES string of the molecule is COc1ccc2c(n1)c(C(=O)N[C@H]1CCCC[C@@H]1O)cn2C(=O)O. The molecule has 0 bridgehead atoms. The third-order valence-electron chi connectivity index (χ3n) is 4.33. The molecule has 0 spiro atoms. The highest BCUT2D eigenvalue weighted by Crippen LogP contribution is 2.24. The first-order valence-electron chi connectivity index (χ1n) is 7.79. The summed E-state index contributed by atoms with van der Waals surface area (Å²) in [5.74, 6) is -0.163. The summed E-state index contributed by atoms with van der Waals surface area (Å²) in [6.07, 6.45) is 2.66. The number of pyridine rings is 1. The molecule has 2 aromatic rings. The Morgan fingerprint density at radius 2 is 2.08 bits per heavy atom. The van der Waals surface area contributed by atoms with Crippen molar-refractivity contribution in [2.24, 2.45) is 0 Å². The molecule has 2 heterocycles. The van der Waals surface area contributed by atoms with Crippen LogP contribution in [0.1, 0.15) is 36.0 Å². The molecular weight excluding hydrogens is 314 g/mol. The highest BCUT2D eigenvalue weighted by atomic mass is 16.5. The van der Waals surface area contributed by atoms with E-state index in [2.05, 4.69) is 10.3 Å². The smallest absolute Gasteiger partial charge is 0.416 e. The standard InChI is InChI=1S/C16H19N3O5/c1-24-13-7-6-11-14(18-13)9(8-19(11)16(22)23)15(21)17-10-4-2-3-5-12(10)20/h6-8,10,12,20H,2-5H2,1H3,(H,17,21)(H,22,23)/t10-,12-/m0/s1. The van der Waals surface area contributed by atoms with Crippen molar-refractivity contribution < 1.29 is 24.5 Å². The van der Waals surface area contributed by atoms with E-state index in [9.17, 15) is 19.8 Å². The van der Waals surface area contributed by atoms with Crippen molar-refractivity contribution in [3.8, 4) is 5.88 Å². The Morgan fingerprint density at radius 3 is 2.75 bits per heavy atom. The van der Waals surface area contributed by atoms with Crippen LogP contribution in [0.4, 0.5) is 4.79 Å². The van der Waals surface area contributed by atoms with E-state index in [1.54, 1.807) is 6.07 Å². The first kappa shape index (κ1) is 16.3. The van der Waals surface area contributed by atoms with Gasteiger partial charge < -0.3 is 20.3 Å². The second-order valence-electron chi connectivity index (χ2n) is 5.85. The van der Waals surface area contributed by atoms with Crippen molar-refractivity contribution >= 4 is 23.0 Å². The zero-order valence-corrected chi connectivity index (χ0v) is 13.2. The van der Waals surface area contributed by atoms with Gasteiger partial charge in [-0.15, -0.1) is 0 Å². The van der Waals surface area contributed by atoms with Crippen LogP contribution in [0.5, 0.6) is 5.88 Å². The molecule has 8 nitrogen and oxygen atoms in total. The van der Waals surface area contributed by atoms with E-state index in [1.165, 1.54) is 19.4 Å². The van der Waals surface area contributed by atoms with Crippen LogP contribution in [0.25, 0.3) is 11.0 Å². The van der Waals surface area contributed by atoms with Gasteiger partial charge in [-0.05, 0) is 18.9 Å². The summed E-state index contributed by atoms with van der Waals surface area (Å²) >= 11 is 0. The minimum atomic E-state index is -1.20. The number of carbonyl (C=O) groups excluding carboxylic acids is 1. The lowest BCUT2D eigenvalue weighted by molar-refractivity contribution is 0.0718. The summed E-state index contributed by atoms with van der Waals surface area (Å²) in [7, 11) is 1.44. The molecule has 0 saturated heterocycles. The van der Waals surface area contributed by atoms with E-state index in [0.717, 1.165) is 17.4 Å². The van der Waals surface area contributed by atoms with Crippen LogP contribution in [0.2, 0.25) is 0 Å². The Labute approximate surface area is 138 Å². The Kier molecular flexibility index (Phi) is 4.39. The fraction of sp³-hybridized carbons (Fsp3) is 0.438. The first-order valence-corrected chi connectivity index (χ1v) is 7.79. The molecular formula is C16H19N3O5. The predicted molar refractivity (Wildman–Crippen MR) is 85.4 cm³/mol. The lowest BCUT2D eigenvalue weighted by Crippen LogP contribution is -2.45. The van der Waals surface area contributed by atoms with Gasteiger partial charge in [0.2, 0.25) is 5.88 Å². The predicted octanol–water partition coefficient (Wildman–Crippen LogP) is 1.60. The van der Waals surface area contributed by atoms with Gasteiger partial charge in [0.15, 0.2) is 0 Å². The second-order valence-corrected chi connectivity index (χ2v) is 5.85. The highest BCUT2D eigenvalue weighted by molar-refractivity contribution is 6.07. The number of ether oxygens (including phenoxy) is 1. The third kappa shape index (κ3) is 2.92.